The maximum absolute atomic E-state index is 14.4. The van der Waals surface area contributed by atoms with Crippen LogP contribution in [0.4, 0.5) is 17.6 Å². The van der Waals surface area contributed by atoms with Crippen LogP contribution in [-0.2, 0) is 18.3 Å². The van der Waals surface area contributed by atoms with Gasteiger partial charge in [0.1, 0.15) is 5.82 Å². The van der Waals surface area contributed by atoms with Gasteiger partial charge in [-0.3, -0.25) is 4.79 Å². The first-order valence-electron chi connectivity index (χ1n) is 11.1. The molecular formula is C27H19F4N2NaO3. The molecule has 0 unspecified atom stereocenters. The van der Waals surface area contributed by atoms with Gasteiger partial charge in [0.25, 0.3) is 5.91 Å². The maximum Gasteiger partial charge on any atom is 1.00 e. The normalized spacial score (nSPS) is 14.2. The third-order valence-corrected chi connectivity index (χ3v) is 6.48. The number of hydrogen-bond acceptors (Lipinski definition) is 3. The van der Waals surface area contributed by atoms with Crippen LogP contribution in [0.1, 0.15) is 50.2 Å². The molecule has 1 heterocycles. The number of aromatic carboxylic acids is 1. The number of benzene rings is 3. The Morgan fingerprint density at radius 3 is 2.19 bits per heavy atom. The van der Waals surface area contributed by atoms with Crippen molar-refractivity contribution in [3.63, 3.8) is 0 Å². The first kappa shape index (κ1) is 26.9. The largest absolute Gasteiger partial charge is 1.00 e. The van der Waals surface area contributed by atoms with E-state index in [9.17, 15) is 32.3 Å². The summed E-state index contributed by atoms with van der Waals surface area (Å²) in [6.07, 6.45) is -1.52. The number of carboxylic acids is 1. The molecule has 3 aromatic carbocycles. The summed E-state index contributed by atoms with van der Waals surface area (Å²) in [5.41, 5.74) is 0.445. The van der Waals surface area contributed by atoms with Crippen molar-refractivity contribution in [2.24, 2.45) is 0 Å². The summed E-state index contributed by atoms with van der Waals surface area (Å²) in [5, 5.41) is 14.5. The minimum absolute atomic E-state index is 0. The first-order chi connectivity index (χ1) is 17.1. The summed E-state index contributed by atoms with van der Waals surface area (Å²) in [6.45, 7) is 0.184. The molecule has 5 rings (SSSR count). The molecule has 5 nitrogen and oxygen atoms in total. The van der Waals surface area contributed by atoms with Crippen molar-refractivity contribution in [1.29, 1.82) is 0 Å². The van der Waals surface area contributed by atoms with Gasteiger partial charge in [-0.15, -0.1) is 0 Å². The predicted molar refractivity (Wildman–Crippen MR) is 122 cm³/mol. The molecule has 1 saturated carbocycles. The summed E-state index contributed by atoms with van der Waals surface area (Å²) in [5.74, 6) is -2.40. The van der Waals surface area contributed by atoms with Gasteiger partial charge in [0.05, 0.1) is 28.2 Å². The molecule has 0 radical (unpaired) electrons. The number of nitrogens with one attached hydrogen (secondary N) is 1. The summed E-state index contributed by atoms with van der Waals surface area (Å²) >= 11 is 0. The minimum atomic E-state index is -4.44. The fourth-order valence-electron chi connectivity index (χ4n) is 4.43. The predicted octanol–water partition coefficient (Wildman–Crippen LogP) is 1.63. The fourth-order valence-corrected chi connectivity index (χ4v) is 4.43. The smallest absolute Gasteiger partial charge is 0.545 e. The number of fused-ring (bicyclic) bond motifs is 1. The van der Waals surface area contributed by atoms with Gasteiger partial charge in [-0.2, -0.15) is 13.2 Å². The fraction of sp³-hybridized carbons (Fsp3) is 0.185. The number of alkyl halides is 3. The summed E-state index contributed by atoms with van der Waals surface area (Å²) in [6, 6.07) is 14.9. The molecule has 184 valence electrons. The van der Waals surface area contributed by atoms with Crippen LogP contribution in [0.3, 0.4) is 0 Å². The average molecular weight is 518 g/mol. The number of rotatable bonds is 6. The Balaban J connectivity index is 0.00000320. The molecule has 1 amide bonds. The summed E-state index contributed by atoms with van der Waals surface area (Å²) < 4.78 is 54.7. The van der Waals surface area contributed by atoms with Crippen LogP contribution in [0.5, 0.6) is 0 Å². The number of carboxylic acid groups (broad SMARTS) is 1. The number of carbonyl (C=O) groups is 2. The number of hydrogen-bond donors (Lipinski definition) is 1. The second-order valence-corrected chi connectivity index (χ2v) is 8.93. The Kier molecular flexibility index (Phi) is 7.25. The maximum atomic E-state index is 14.4. The topological polar surface area (TPSA) is 74.2 Å². The molecule has 4 aromatic rings. The van der Waals surface area contributed by atoms with Crippen LogP contribution >= 0.6 is 0 Å². The van der Waals surface area contributed by atoms with Crippen LogP contribution in [0.2, 0.25) is 0 Å². The molecule has 1 aromatic heterocycles. The Hall–Kier alpha value is -3.14. The summed E-state index contributed by atoms with van der Waals surface area (Å²) in [7, 11) is 0. The minimum Gasteiger partial charge on any atom is -0.545 e. The average Bonchev–Trinajstić information content (AvgIpc) is 3.51. The van der Waals surface area contributed by atoms with Crippen LogP contribution in [0.15, 0.2) is 72.9 Å². The van der Waals surface area contributed by atoms with E-state index < -0.39 is 35.0 Å². The number of aromatic nitrogens is 1. The molecule has 1 aliphatic carbocycles. The molecular weight excluding hydrogens is 499 g/mol. The van der Waals surface area contributed by atoms with E-state index in [4.69, 9.17) is 0 Å². The number of nitrogens with zero attached hydrogens (tertiary/aromatic N) is 1. The van der Waals surface area contributed by atoms with Crippen molar-refractivity contribution < 1.29 is 61.8 Å². The van der Waals surface area contributed by atoms with Crippen LogP contribution in [0.25, 0.3) is 10.9 Å². The second kappa shape index (κ2) is 9.96. The van der Waals surface area contributed by atoms with Crippen molar-refractivity contribution in [1.82, 2.24) is 9.88 Å². The Labute approximate surface area is 231 Å². The van der Waals surface area contributed by atoms with Gasteiger partial charge in [0.2, 0.25) is 0 Å². The van der Waals surface area contributed by atoms with Crippen LogP contribution < -0.4 is 40.0 Å². The van der Waals surface area contributed by atoms with Gasteiger partial charge >= 0.3 is 35.7 Å². The molecule has 10 heteroatoms. The van der Waals surface area contributed by atoms with Crippen molar-refractivity contribution in [2.45, 2.75) is 31.1 Å². The molecule has 1 aliphatic rings. The van der Waals surface area contributed by atoms with Gasteiger partial charge in [-0.1, -0.05) is 36.4 Å². The van der Waals surface area contributed by atoms with E-state index >= 15 is 0 Å². The molecule has 0 atom stereocenters. The Bertz CT molecular complexity index is 1470. The van der Waals surface area contributed by atoms with E-state index in [2.05, 4.69) is 5.32 Å². The van der Waals surface area contributed by atoms with Crippen molar-refractivity contribution in [3.8, 4) is 0 Å². The van der Waals surface area contributed by atoms with E-state index in [1.165, 1.54) is 30.3 Å². The van der Waals surface area contributed by atoms with E-state index in [0.717, 1.165) is 23.8 Å². The Morgan fingerprint density at radius 2 is 1.62 bits per heavy atom. The van der Waals surface area contributed by atoms with Gasteiger partial charge in [0, 0.05) is 18.1 Å². The van der Waals surface area contributed by atoms with Crippen LogP contribution in [-0.4, -0.2) is 16.4 Å². The number of carbonyl (C=O) groups excluding carboxylic acids is 2. The van der Waals surface area contributed by atoms with E-state index in [1.54, 1.807) is 29.0 Å². The molecule has 37 heavy (non-hydrogen) atoms. The third-order valence-electron chi connectivity index (χ3n) is 6.48. The summed E-state index contributed by atoms with van der Waals surface area (Å²) in [4.78, 5) is 24.4. The van der Waals surface area contributed by atoms with Gasteiger partial charge < -0.3 is 19.8 Å². The Morgan fingerprint density at radius 1 is 0.973 bits per heavy atom. The molecule has 1 N–H and O–H groups in total. The van der Waals surface area contributed by atoms with E-state index in [0.29, 0.717) is 29.3 Å². The van der Waals surface area contributed by atoms with Gasteiger partial charge in [0.15, 0.2) is 0 Å². The van der Waals surface area contributed by atoms with Crippen LogP contribution in [0, 0.1) is 5.82 Å². The van der Waals surface area contributed by atoms with Crippen molar-refractivity contribution in [2.75, 3.05) is 0 Å². The quantitative estimate of drug-likeness (QED) is 0.312. The zero-order valence-electron chi connectivity index (χ0n) is 19.7. The zero-order valence-corrected chi connectivity index (χ0v) is 21.7. The van der Waals surface area contributed by atoms with Gasteiger partial charge in [-0.05, 0) is 59.9 Å². The molecule has 0 spiro atoms. The third kappa shape index (κ3) is 5.44. The van der Waals surface area contributed by atoms with Gasteiger partial charge in [-0.25, -0.2) is 4.39 Å². The molecule has 0 bridgehead atoms. The SMILES string of the molecule is O=C([O-])c1ccc(C2(NC(=O)c3cc(F)cc4ccn(Cc5ccc(C(F)(F)F)cc5)c34)CC2)cc1.[Na+]. The molecule has 0 aliphatic heterocycles. The number of amides is 1. The molecule has 1 fully saturated rings. The second-order valence-electron chi connectivity index (χ2n) is 8.93. The van der Waals surface area contributed by atoms with Crippen molar-refractivity contribution >= 4 is 22.8 Å². The van der Waals surface area contributed by atoms with E-state index in [1.807, 2.05) is 0 Å². The monoisotopic (exact) mass is 518 g/mol. The standard InChI is InChI=1S/C27H20F4N2O3.Na/c28-21-13-18-9-12-33(15-16-1-5-20(6-2-16)27(29,30)31)23(18)22(14-21)24(34)32-26(10-11-26)19-7-3-17(4-8-19)25(35)36;/h1-9,12-14H,10-11,15H2,(H,32,34)(H,35,36);/q;+1/p-1. The first-order valence-corrected chi connectivity index (χ1v) is 11.1. The van der Waals surface area contributed by atoms with E-state index in [-0.39, 0.29) is 47.2 Å². The van der Waals surface area contributed by atoms with Crippen molar-refractivity contribution in [3.05, 3.63) is 107 Å². The number of halogens is 4. The zero-order chi connectivity index (χ0) is 25.7. The molecule has 0 saturated heterocycles.